The molecule has 0 aliphatic carbocycles. The Labute approximate surface area is 146 Å². The molecule has 2 aliphatic rings. The minimum absolute atomic E-state index is 0.306. The Morgan fingerprint density at radius 2 is 1.88 bits per heavy atom. The molecule has 1 aromatic heterocycles. The Balaban J connectivity index is 1.33. The van der Waals surface area contributed by atoms with Crippen molar-refractivity contribution >= 4 is 17.7 Å². The standard InChI is InChI=1S/C18H22N4OS/c23-18(11-24-10-14-4-2-1-3-5-14)22-15-6-7-16(22)9-17(8-15)21-13-19-12-20-21/h1-5,12-13,15-17H,6-11H2. The molecule has 126 valence electrons. The van der Waals surface area contributed by atoms with E-state index in [-0.39, 0.29) is 0 Å². The van der Waals surface area contributed by atoms with Crippen molar-refractivity contribution in [2.75, 3.05) is 5.75 Å². The van der Waals surface area contributed by atoms with Crippen LogP contribution in [-0.4, -0.2) is 43.4 Å². The van der Waals surface area contributed by atoms with E-state index >= 15 is 0 Å². The lowest BCUT2D eigenvalue weighted by Gasteiger charge is -2.38. The summed E-state index contributed by atoms with van der Waals surface area (Å²) in [5, 5.41) is 4.29. The number of hydrogen-bond donors (Lipinski definition) is 0. The highest BCUT2D eigenvalue weighted by Crippen LogP contribution is 2.40. The Hall–Kier alpha value is -1.82. The van der Waals surface area contributed by atoms with Gasteiger partial charge in [0.25, 0.3) is 0 Å². The highest BCUT2D eigenvalue weighted by Gasteiger charge is 2.43. The topological polar surface area (TPSA) is 51.0 Å². The van der Waals surface area contributed by atoms with Gasteiger partial charge in [0.2, 0.25) is 5.91 Å². The molecule has 0 saturated carbocycles. The van der Waals surface area contributed by atoms with Crippen molar-refractivity contribution in [1.82, 2.24) is 19.7 Å². The second-order valence-corrected chi connectivity index (χ2v) is 7.65. The van der Waals surface area contributed by atoms with Gasteiger partial charge in [0.1, 0.15) is 12.7 Å². The van der Waals surface area contributed by atoms with Crippen LogP contribution in [0.2, 0.25) is 0 Å². The van der Waals surface area contributed by atoms with Crippen LogP contribution in [0.1, 0.15) is 37.3 Å². The molecular formula is C18H22N4OS. The van der Waals surface area contributed by atoms with E-state index in [2.05, 4.69) is 27.1 Å². The van der Waals surface area contributed by atoms with Crippen molar-refractivity contribution in [1.29, 1.82) is 0 Å². The number of fused-ring (bicyclic) bond motifs is 2. The average molecular weight is 342 g/mol. The third-order valence-corrected chi connectivity index (χ3v) is 6.13. The number of amides is 1. The summed E-state index contributed by atoms with van der Waals surface area (Å²) >= 11 is 1.72. The van der Waals surface area contributed by atoms with E-state index in [1.54, 1.807) is 24.4 Å². The van der Waals surface area contributed by atoms with Crippen LogP contribution in [0.25, 0.3) is 0 Å². The first-order valence-corrected chi connectivity index (χ1v) is 9.73. The van der Waals surface area contributed by atoms with Gasteiger partial charge in [-0.25, -0.2) is 9.67 Å². The molecular weight excluding hydrogens is 320 g/mol. The summed E-state index contributed by atoms with van der Waals surface area (Å²) in [5.41, 5.74) is 1.28. The van der Waals surface area contributed by atoms with Gasteiger partial charge in [-0.15, -0.1) is 11.8 Å². The summed E-state index contributed by atoms with van der Waals surface area (Å²) in [6.07, 6.45) is 7.68. The van der Waals surface area contributed by atoms with E-state index in [4.69, 9.17) is 0 Å². The van der Waals surface area contributed by atoms with E-state index in [1.165, 1.54) is 5.56 Å². The number of hydrogen-bond acceptors (Lipinski definition) is 4. The van der Waals surface area contributed by atoms with Crippen LogP contribution in [0.4, 0.5) is 0 Å². The van der Waals surface area contributed by atoms with Gasteiger partial charge in [-0.05, 0) is 31.2 Å². The molecule has 0 N–H and O–H groups in total. The normalized spacial score (nSPS) is 25.8. The number of aromatic nitrogens is 3. The highest BCUT2D eigenvalue weighted by atomic mass is 32.2. The SMILES string of the molecule is O=C(CSCc1ccccc1)N1C2CCC1CC(n1cncn1)C2. The maximum atomic E-state index is 12.7. The molecule has 0 spiro atoms. The predicted molar refractivity (Wildman–Crippen MR) is 94.6 cm³/mol. The third kappa shape index (κ3) is 3.20. The van der Waals surface area contributed by atoms with Crippen LogP contribution in [0.5, 0.6) is 0 Å². The lowest BCUT2D eigenvalue weighted by Crippen LogP contribution is -2.47. The van der Waals surface area contributed by atoms with Crippen molar-refractivity contribution in [3.63, 3.8) is 0 Å². The smallest absolute Gasteiger partial charge is 0.233 e. The van der Waals surface area contributed by atoms with Gasteiger partial charge < -0.3 is 4.90 Å². The monoisotopic (exact) mass is 342 g/mol. The van der Waals surface area contributed by atoms with Crippen LogP contribution in [0.15, 0.2) is 43.0 Å². The first-order valence-electron chi connectivity index (χ1n) is 8.58. The molecule has 4 rings (SSSR count). The van der Waals surface area contributed by atoms with E-state index in [1.807, 2.05) is 22.9 Å². The average Bonchev–Trinajstić information content (AvgIpc) is 3.22. The van der Waals surface area contributed by atoms with Gasteiger partial charge in [-0.2, -0.15) is 5.10 Å². The summed E-state index contributed by atoms with van der Waals surface area (Å²) in [6.45, 7) is 0. The fraction of sp³-hybridized carbons (Fsp3) is 0.500. The summed E-state index contributed by atoms with van der Waals surface area (Å²) in [5.74, 6) is 1.79. The van der Waals surface area contributed by atoms with E-state index in [0.29, 0.717) is 29.8 Å². The lowest BCUT2D eigenvalue weighted by atomic mass is 9.97. The summed E-state index contributed by atoms with van der Waals surface area (Å²) < 4.78 is 1.97. The van der Waals surface area contributed by atoms with E-state index in [0.717, 1.165) is 31.4 Å². The zero-order valence-corrected chi connectivity index (χ0v) is 14.4. The minimum Gasteiger partial charge on any atom is -0.336 e. The number of carbonyl (C=O) groups excluding carboxylic acids is 1. The third-order valence-electron chi connectivity index (χ3n) is 5.14. The zero-order chi connectivity index (χ0) is 16.4. The van der Waals surface area contributed by atoms with Gasteiger partial charge in [-0.1, -0.05) is 30.3 Å². The molecule has 3 heterocycles. The molecule has 2 atom stereocenters. The van der Waals surface area contributed by atoms with Crippen LogP contribution >= 0.6 is 11.8 Å². The van der Waals surface area contributed by atoms with E-state index < -0.39 is 0 Å². The van der Waals surface area contributed by atoms with Crippen molar-refractivity contribution in [2.24, 2.45) is 0 Å². The molecule has 2 aliphatic heterocycles. The second-order valence-electron chi connectivity index (χ2n) is 6.67. The quantitative estimate of drug-likeness (QED) is 0.838. The van der Waals surface area contributed by atoms with E-state index in [9.17, 15) is 4.79 Å². The van der Waals surface area contributed by atoms with Gasteiger partial charge in [-0.3, -0.25) is 4.79 Å². The summed E-state index contributed by atoms with van der Waals surface area (Å²) in [4.78, 5) is 18.9. The van der Waals surface area contributed by atoms with Crippen molar-refractivity contribution in [3.8, 4) is 0 Å². The molecule has 2 saturated heterocycles. The Morgan fingerprint density at radius 1 is 1.12 bits per heavy atom. The van der Waals surface area contributed by atoms with Crippen LogP contribution in [0, 0.1) is 0 Å². The number of benzene rings is 1. The Morgan fingerprint density at radius 3 is 2.54 bits per heavy atom. The molecule has 6 heteroatoms. The lowest BCUT2D eigenvalue weighted by molar-refractivity contribution is -0.133. The number of carbonyl (C=O) groups is 1. The number of rotatable bonds is 5. The maximum Gasteiger partial charge on any atom is 0.233 e. The highest BCUT2D eigenvalue weighted by molar-refractivity contribution is 7.99. The van der Waals surface area contributed by atoms with Crippen LogP contribution < -0.4 is 0 Å². The first kappa shape index (κ1) is 15.7. The summed E-state index contributed by atoms with van der Waals surface area (Å²) in [7, 11) is 0. The van der Waals surface area contributed by atoms with Gasteiger partial charge >= 0.3 is 0 Å². The molecule has 1 aromatic carbocycles. The molecule has 2 unspecified atom stereocenters. The fourth-order valence-corrected chi connectivity index (χ4v) is 4.94. The van der Waals surface area contributed by atoms with Crippen molar-refractivity contribution in [2.45, 2.75) is 49.6 Å². The number of piperidine rings is 1. The fourth-order valence-electron chi connectivity index (χ4n) is 4.08. The molecule has 24 heavy (non-hydrogen) atoms. The molecule has 1 amide bonds. The largest absolute Gasteiger partial charge is 0.336 e. The summed E-state index contributed by atoms with van der Waals surface area (Å²) in [6, 6.07) is 11.5. The second kappa shape index (κ2) is 6.97. The van der Waals surface area contributed by atoms with Crippen molar-refractivity contribution < 1.29 is 4.79 Å². The maximum absolute atomic E-state index is 12.7. The number of thioether (sulfide) groups is 1. The minimum atomic E-state index is 0.306. The molecule has 5 nitrogen and oxygen atoms in total. The van der Waals surface area contributed by atoms with Crippen LogP contribution in [0.3, 0.4) is 0 Å². The predicted octanol–water partition coefficient (Wildman–Crippen LogP) is 2.91. The van der Waals surface area contributed by atoms with Gasteiger partial charge in [0.15, 0.2) is 0 Å². The molecule has 2 fully saturated rings. The molecule has 2 aromatic rings. The van der Waals surface area contributed by atoms with Crippen LogP contribution in [-0.2, 0) is 10.5 Å². The van der Waals surface area contributed by atoms with Gasteiger partial charge in [0.05, 0.1) is 11.8 Å². The Bertz CT molecular complexity index is 662. The van der Waals surface area contributed by atoms with Crippen molar-refractivity contribution in [3.05, 3.63) is 48.5 Å². The number of nitrogens with zero attached hydrogens (tertiary/aromatic N) is 4. The first-order chi connectivity index (χ1) is 11.8. The zero-order valence-electron chi connectivity index (χ0n) is 13.6. The Kier molecular flexibility index (Phi) is 4.56. The molecule has 2 bridgehead atoms. The van der Waals surface area contributed by atoms with Gasteiger partial charge in [0, 0.05) is 17.8 Å². The molecule has 0 radical (unpaired) electrons.